The molecule has 0 radical (unpaired) electrons. The summed E-state index contributed by atoms with van der Waals surface area (Å²) in [6, 6.07) is 8.35. The fraction of sp³-hybridized carbons (Fsp3) is 0.600. The second-order valence-corrected chi connectivity index (χ2v) is 4.87. The van der Waals surface area contributed by atoms with Crippen LogP contribution in [0.25, 0.3) is 0 Å². The highest BCUT2D eigenvalue weighted by Crippen LogP contribution is 2.33. The molecule has 1 N–H and O–H groups in total. The first-order valence-electron chi connectivity index (χ1n) is 6.88. The molecule has 0 aliphatic carbocycles. The highest BCUT2D eigenvalue weighted by atomic mass is 16.5. The summed E-state index contributed by atoms with van der Waals surface area (Å²) < 4.78 is 10.7. The van der Waals surface area contributed by atoms with E-state index in [1.807, 2.05) is 19.1 Å². The number of methoxy groups -OCH3 is 1. The Kier molecular flexibility index (Phi) is 5.19. The van der Waals surface area contributed by atoms with Gasteiger partial charge in [0, 0.05) is 25.7 Å². The zero-order valence-corrected chi connectivity index (χ0v) is 11.7. The van der Waals surface area contributed by atoms with Crippen LogP contribution in [0.2, 0.25) is 0 Å². The van der Waals surface area contributed by atoms with E-state index in [1.165, 1.54) is 5.56 Å². The largest absolute Gasteiger partial charge is 0.497 e. The van der Waals surface area contributed by atoms with Crippen molar-refractivity contribution in [2.45, 2.75) is 25.5 Å². The lowest BCUT2D eigenvalue weighted by Crippen LogP contribution is -2.28. The molecule has 0 aromatic heterocycles. The maximum Gasteiger partial charge on any atom is 0.119 e. The highest BCUT2D eigenvalue weighted by molar-refractivity contribution is 5.31. The van der Waals surface area contributed by atoms with E-state index in [4.69, 9.17) is 9.47 Å². The lowest BCUT2D eigenvalue weighted by molar-refractivity contribution is 0.103. The van der Waals surface area contributed by atoms with Gasteiger partial charge in [-0.25, -0.2) is 0 Å². The number of benzene rings is 1. The zero-order valence-electron chi connectivity index (χ0n) is 11.7. The lowest BCUT2D eigenvalue weighted by Gasteiger charge is -2.24. The minimum Gasteiger partial charge on any atom is -0.497 e. The highest BCUT2D eigenvalue weighted by Gasteiger charge is 2.31. The normalized spacial score (nSPS) is 23.7. The third kappa shape index (κ3) is 3.69. The molecular formula is C15H23NO3. The number of aliphatic hydroxyl groups is 1. The van der Waals surface area contributed by atoms with E-state index in [9.17, 15) is 5.11 Å². The number of hydrogen-bond donors (Lipinski definition) is 1. The van der Waals surface area contributed by atoms with Crippen LogP contribution in [-0.4, -0.2) is 49.5 Å². The number of aliphatic hydroxyl groups excluding tert-OH is 1. The Hall–Kier alpha value is -1.10. The molecular weight excluding hydrogens is 242 g/mol. The smallest absolute Gasteiger partial charge is 0.119 e. The van der Waals surface area contributed by atoms with E-state index >= 15 is 0 Å². The van der Waals surface area contributed by atoms with Gasteiger partial charge in [0.15, 0.2) is 0 Å². The van der Waals surface area contributed by atoms with Crippen molar-refractivity contribution in [2.75, 3.05) is 33.4 Å². The Bertz CT molecular complexity index is 397. The molecule has 0 unspecified atom stereocenters. The lowest BCUT2D eigenvalue weighted by atomic mass is 10.0. The minimum atomic E-state index is -0.252. The van der Waals surface area contributed by atoms with Gasteiger partial charge >= 0.3 is 0 Å². The van der Waals surface area contributed by atoms with Crippen LogP contribution >= 0.6 is 0 Å². The van der Waals surface area contributed by atoms with E-state index in [0.29, 0.717) is 6.61 Å². The molecule has 1 saturated heterocycles. The van der Waals surface area contributed by atoms with E-state index in [0.717, 1.165) is 31.9 Å². The van der Waals surface area contributed by atoms with Crippen LogP contribution in [0.4, 0.5) is 0 Å². The summed E-state index contributed by atoms with van der Waals surface area (Å²) in [7, 11) is 1.68. The van der Waals surface area contributed by atoms with Crippen molar-refractivity contribution in [1.29, 1.82) is 0 Å². The molecule has 1 aromatic carbocycles. The average molecular weight is 265 g/mol. The second-order valence-electron chi connectivity index (χ2n) is 4.87. The number of hydrogen-bond acceptors (Lipinski definition) is 4. The van der Waals surface area contributed by atoms with Crippen molar-refractivity contribution in [3.8, 4) is 5.75 Å². The van der Waals surface area contributed by atoms with Crippen molar-refractivity contribution in [3.63, 3.8) is 0 Å². The standard InChI is InChI=1S/C15H23NO3/c1-3-19-8-7-16-11-13(17)10-15(16)12-5-4-6-14(9-12)18-2/h4-6,9,13,15,17H,3,7-8,10-11H2,1-2H3/t13-,15-/m1/s1. The molecule has 2 atom stereocenters. The molecule has 1 fully saturated rings. The molecule has 2 rings (SSSR count). The fourth-order valence-electron chi connectivity index (χ4n) is 2.65. The van der Waals surface area contributed by atoms with Crippen molar-refractivity contribution in [1.82, 2.24) is 4.90 Å². The number of nitrogens with zero attached hydrogens (tertiary/aromatic N) is 1. The van der Waals surface area contributed by atoms with Crippen LogP contribution in [0.1, 0.15) is 24.9 Å². The molecule has 4 nitrogen and oxygen atoms in total. The summed E-state index contributed by atoms with van der Waals surface area (Å²) in [4.78, 5) is 2.29. The van der Waals surface area contributed by atoms with Crippen LogP contribution in [0.3, 0.4) is 0 Å². The Morgan fingerprint density at radius 2 is 2.26 bits per heavy atom. The van der Waals surface area contributed by atoms with Crippen molar-refractivity contribution < 1.29 is 14.6 Å². The first-order chi connectivity index (χ1) is 9.24. The molecule has 1 aromatic rings. The molecule has 1 aliphatic heterocycles. The topological polar surface area (TPSA) is 41.9 Å². The first kappa shape index (κ1) is 14.3. The van der Waals surface area contributed by atoms with E-state index < -0.39 is 0 Å². The minimum absolute atomic E-state index is 0.252. The molecule has 19 heavy (non-hydrogen) atoms. The van der Waals surface area contributed by atoms with Gasteiger partial charge in [-0.05, 0) is 31.0 Å². The maximum absolute atomic E-state index is 9.90. The molecule has 4 heteroatoms. The van der Waals surface area contributed by atoms with Crippen LogP contribution in [0, 0.1) is 0 Å². The van der Waals surface area contributed by atoms with Crippen molar-refractivity contribution in [3.05, 3.63) is 29.8 Å². The zero-order chi connectivity index (χ0) is 13.7. The maximum atomic E-state index is 9.90. The van der Waals surface area contributed by atoms with Gasteiger partial charge in [-0.3, -0.25) is 4.90 Å². The van der Waals surface area contributed by atoms with E-state index in [2.05, 4.69) is 17.0 Å². The quantitative estimate of drug-likeness (QED) is 0.797. The summed E-state index contributed by atoms with van der Waals surface area (Å²) in [5.41, 5.74) is 1.20. The Balaban J connectivity index is 2.06. The number of β-amino-alcohol motifs (C(OH)–C–C–N with tert-alkyl or cyclic N) is 1. The molecule has 0 bridgehead atoms. The average Bonchev–Trinajstić information content (AvgIpc) is 2.80. The van der Waals surface area contributed by atoms with Crippen LogP contribution < -0.4 is 4.74 Å². The summed E-state index contributed by atoms with van der Waals surface area (Å²) in [5.74, 6) is 0.864. The predicted octanol–water partition coefficient (Wildman–Crippen LogP) is 1.84. The Morgan fingerprint density at radius 3 is 3.00 bits per heavy atom. The van der Waals surface area contributed by atoms with Crippen LogP contribution in [0.15, 0.2) is 24.3 Å². The molecule has 0 spiro atoms. The van der Waals surface area contributed by atoms with Crippen LogP contribution in [0.5, 0.6) is 5.75 Å². The van der Waals surface area contributed by atoms with Gasteiger partial charge in [-0.1, -0.05) is 12.1 Å². The molecule has 0 amide bonds. The number of ether oxygens (including phenoxy) is 2. The Labute approximate surface area is 114 Å². The number of likely N-dealkylation sites (tertiary alicyclic amines) is 1. The van der Waals surface area contributed by atoms with Crippen molar-refractivity contribution >= 4 is 0 Å². The second kappa shape index (κ2) is 6.89. The molecule has 1 heterocycles. The van der Waals surface area contributed by atoms with Gasteiger partial charge in [0.2, 0.25) is 0 Å². The van der Waals surface area contributed by atoms with Crippen molar-refractivity contribution in [2.24, 2.45) is 0 Å². The fourth-order valence-corrected chi connectivity index (χ4v) is 2.65. The van der Waals surface area contributed by atoms with E-state index in [1.54, 1.807) is 7.11 Å². The van der Waals surface area contributed by atoms with Crippen LogP contribution in [-0.2, 0) is 4.74 Å². The first-order valence-corrected chi connectivity index (χ1v) is 6.88. The van der Waals surface area contributed by atoms with E-state index in [-0.39, 0.29) is 12.1 Å². The SMILES string of the molecule is CCOCCN1C[C@H](O)C[C@@H]1c1cccc(OC)c1. The molecule has 1 aliphatic rings. The summed E-state index contributed by atoms with van der Waals surface area (Å²) in [6.45, 7) is 5.02. The molecule has 106 valence electrons. The van der Waals surface area contributed by atoms with Gasteiger partial charge in [0.1, 0.15) is 5.75 Å². The third-order valence-electron chi connectivity index (χ3n) is 3.59. The monoisotopic (exact) mass is 265 g/mol. The van der Waals surface area contributed by atoms with Gasteiger partial charge in [-0.2, -0.15) is 0 Å². The summed E-state index contributed by atoms with van der Waals surface area (Å²) in [5, 5.41) is 9.90. The van der Waals surface area contributed by atoms with Gasteiger partial charge in [0.25, 0.3) is 0 Å². The van der Waals surface area contributed by atoms with Gasteiger partial charge < -0.3 is 14.6 Å². The summed E-state index contributed by atoms with van der Waals surface area (Å²) in [6.07, 6.45) is 0.525. The van der Waals surface area contributed by atoms with Gasteiger partial charge in [-0.15, -0.1) is 0 Å². The number of rotatable bonds is 6. The predicted molar refractivity (Wildman–Crippen MR) is 74.4 cm³/mol. The summed E-state index contributed by atoms with van der Waals surface area (Å²) >= 11 is 0. The third-order valence-corrected chi connectivity index (χ3v) is 3.59. The molecule has 0 saturated carbocycles. The Morgan fingerprint density at radius 1 is 1.42 bits per heavy atom. The van der Waals surface area contributed by atoms with Gasteiger partial charge in [0.05, 0.1) is 19.8 Å².